The molecular formula is C34H42ClNO7S. The van der Waals surface area contributed by atoms with Crippen molar-refractivity contribution in [2.24, 2.45) is 17.8 Å². The molecule has 1 spiro atoms. The molecule has 1 fully saturated rings. The van der Waals surface area contributed by atoms with E-state index in [9.17, 15) is 18.3 Å². The minimum Gasteiger partial charge on any atom is -0.490 e. The van der Waals surface area contributed by atoms with Crippen LogP contribution in [0.3, 0.4) is 0 Å². The van der Waals surface area contributed by atoms with Gasteiger partial charge in [-0.2, -0.15) is 8.42 Å². The fourth-order valence-corrected chi connectivity index (χ4v) is 8.52. The number of aryl methyl sites for hydroxylation is 1. The Kier molecular flexibility index (Phi) is 9.03. The summed E-state index contributed by atoms with van der Waals surface area (Å²) in [5.74, 6) is 0.680. The van der Waals surface area contributed by atoms with Gasteiger partial charge >= 0.3 is 5.97 Å². The maximum atomic E-state index is 12.0. The Labute approximate surface area is 265 Å². The molecule has 6 rings (SSSR count). The molecule has 10 heteroatoms. The maximum Gasteiger partial charge on any atom is 0.335 e. The van der Waals surface area contributed by atoms with E-state index in [-0.39, 0.29) is 29.6 Å². The van der Waals surface area contributed by atoms with Crippen molar-refractivity contribution in [1.29, 1.82) is 0 Å². The van der Waals surface area contributed by atoms with Crippen molar-refractivity contribution in [3.63, 3.8) is 0 Å². The van der Waals surface area contributed by atoms with Gasteiger partial charge in [0.05, 0.1) is 36.8 Å². The summed E-state index contributed by atoms with van der Waals surface area (Å²) in [4.78, 5) is 14.4. The molecule has 0 amide bonds. The van der Waals surface area contributed by atoms with Crippen LogP contribution in [0.5, 0.6) is 5.75 Å². The van der Waals surface area contributed by atoms with Gasteiger partial charge in [0.25, 0.3) is 10.1 Å². The van der Waals surface area contributed by atoms with Crippen LogP contribution < -0.4 is 9.64 Å². The van der Waals surface area contributed by atoms with Crippen LogP contribution in [0.4, 0.5) is 5.69 Å². The quantitative estimate of drug-likeness (QED) is 0.253. The van der Waals surface area contributed by atoms with Gasteiger partial charge in [0.1, 0.15) is 5.75 Å². The molecule has 8 nitrogen and oxygen atoms in total. The van der Waals surface area contributed by atoms with Crippen LogP contribution in [0.2, 0.25) is 5.02 Å². The van der Waals surface area contributed by atoms with Crippen LogP contribution in [0.15, 0.2) is 48.0 Å². The number of carbonyl (C=O) groups is 1. The van der Waals surface area contributed by atoms with E-state index in [1.807, 2.05) is 12.1 Å². The first-order valence-electron chi connectivity index (χ1n) is 15.7. The number of ether oxygens (including phenoxy) is 2. The average molecular weight is 644 g/mol. The SMILES string of the molecule is COC(C1=CC[C@@H](COS(C)(=O)=O)CC1)[C@@H]1CC[C@H]1CN1CC2(CCCc3cc(Cl)ccc32)COc2ccc(C(=O)O)cc21. The van der Waals surface area contributed by atoms with E-state index in [2.05, 4.69) is 23.1 Å². The van der Waals surface area contributed by atoms with Crippen LogP contribution in [0.1, 0.15) is 66.4 Å². The molecule has 2 aromatic rings. The van der Waals surface area contributed by atoms with Crippen molar-refractivity contribution in [3.05, 3.63) is 69.8 Å². The summed E-state index contributed by atoms with van der Waals surface area (Å²) in [7, 11) is -1.66. The Balaban J connectivity index is 1.25. The van der Waals surface area contributed by atoms with Crippen LogP contribution in [-0.4, -0.2) is 65.3 Å². The molecule has 44 heavy (non-hydrogen) atoms. The number of hydrogen-bond donors (Lipinski definition) is 1. The van der Waals surface area contributed by atoms with Crippen molar-refractivity contribution in [2.75, 3.05) is 44.6 Å². The molecule has 1 heterocycles. The molecule has 238 valence electrons. The summed E-state index contributed by atoms with van der Waals surface area (Å²) in [5.41, 5.74) is 4.72. The standard InChI is InChI=1S/C34H42ClNO7S/c1-41-32(23-7-5-22(6-8-23)19-43-44(2,39)40)28-12-9-26(28)18-36-20-34(15-3-4-24-16-27(35)11-13-29(24)34)21-42-31-14-10-25(33(37)38)17-30(31)36/h7,10-11,13-14,16-17,22,26,28,32H,3-6,8-9,12,15,18-21H2,1-2H3,(H,37,38)/t22-,26+,28-,32?,34?/m1/s1. The van der Waals surface area contributed by atoms with Gasteiger partial charge in [-0.3, -0.25) is 4.18 Å². The van der Waals surface area contributed by atoms with Crippen molar-refractivity contribution < 1.29 is 32.0 Å². The summed E-state index contributed by atoms with van der Waals surface area (Å²) < 4.78 is 40.6. The van der Waals surface area contributed by atoms with E-state index in [0.29, 0.717) is 18.4 Å². The molecule has 2 unspecified atom stereocenters. The van der Waals surface area contributed by atoms with Gasteiger partial charge in [0.15, 0.2) is 0 Å². The number of methoxy groups -OCH3 is 1. The van der Waals surface area contributed by atoms with Gasteiger partial charge in [-0.05, 0) is 116 Å². The largest absolute Gasteiger partial charge is 0.490 e. The maximum absolute atomic E-state index is 12.0. The number of carboxylic acid groups (broad SMARTS) is 1. The zero-order valence-electron chi connectivity index (χ0n) is 25.5. The number of aromatic carboxylic acids is 1. The Hall–Kier alpha value is -2.59. The number of carboxylic acids is 1. The number of fused-ring (bicyclic) bond motifs is 3. The van der Waals surface area contributed by atoms with Gasteiger partial charge in [-0.25, -0.2) is 4.79 Å². The molecule has 0 bridgehead atoms. The van der Waals surface area contributed by atoms with Crippen LogP contribution in [0, 0.1) is 17.8 Å². The number of halogens is 1. The number of allylic oxidation sites excluding steroid dienone is 1. The van der Waals surface area contributed by atoms with E-state index in [0.717, 1.165) is 87.2 Å². The molecule has 0 radical (unpaired) electrons. The molecule has 1 N–H and O–H groups in total. The lowest BCUT2D eigenvalue weighted by atomic mass is 9.66. The highest BCUT2D eigenvalue weighted by Gasteiger charge is 2.45. The Morgan fingerprint density at radius 3 is 2.70 bits per heavy atom. The molecule has 1 saturated carbocycles. The zero-order valence-corrected chi connectivity index (χ0v) is 27.0. The van der Waals surface area contributed by atoms with Crippen molar-refractivity contribution in [2.45, 2.75) is 62.9 Å². The Bertz CT molecular complexity index is 1540. The summed E-state index contributed by atoms with van der Waals surface area (Å²) >= 11 is 6.40. The highest BCUT2D eigenvalue weighted by Crippen LogP contribution is 2.48. The van der Waals surface area contributed by atoms with Gasteiger partial charge in [0.2, 0.25) is 0 Å². The minimum atomic E-state index is -3.45. The van der Waals surface area contributed by atoms with E-state index < -0.39 is 16.1 Å². The van der Waals surface area contributed by atoms with E-state index in [1.54, 1.807) is 19.2 Å². The number of nitrogens with zero attached hydrogens (tertiary/aromatic N) is 1. The first-order valence-corrected chi connectivity index (χ1v) is 17.8. The third kappa shape index (κ3) is 6.52. The van der Waals surface area contributed by atoms with E-state index >= 15 is 0 Å². The van der Waals surface area contributed by atoms with Gasteiger partial charge in [-0.15, -0.1) is 0 Å². The van der Waals surface area contributed by atoms with E-state index in [1.165, 1.54) is 16.7 Å². The second-order valence-electron chi connectivity index (χ2n) is 13.2. The molecular weight excluding hydrogens is 602 g/mol. The summed E-state index contributed by atoms with van der Waals surface area (Å²) in [6.07, 6.45) is 11.0. The molecule has 2 aromatic carbocycles. The van der Waals surface area contributed by atoms with Gasteiger partial charge < -0.3 is 19.5 Å². The van der Waals surface area contributed by atoms with Gasteiger partial charge in [-0.1, -0.05) is 23.7 Å². The second kappa shape index (κ2) is 12.7. The third-order valence-corrected chi connectivity index (χ3v) is 11.1. The Morgan fingerprint density at radius 1 is 1.18 bits per heavy atom. The topological polar surface area (TPSA) is 102 Å². The first kappa shape index (κ1) is 31.4. The second-order valence-corrected chi connectivity index (χ2v) is 15.2. The first-order chi connectivity index (χ1) is 21.0. The van der Waals surface area contributed by atoms with Crippen LogP contribution in [0.25, 0.3) is 0 Å². The molecule has 0 aromatic heterocycles. The van der Waals surface area contributed by atoms with Crippen LogP contribution in [-0.2, 0) is 30.9 Å². The minimum absolute atomic E-state index is 0.00471. The highest BCUT2D eigenvalue weighted by molar-refractivity contribution is 7.85. The molecule has 5 atom stereocenters. The molecule has 1 aliphatic heterocycles. The summed E-state index contributed by atoms with van der Waals surface area (Å²) in [6, 6.07) is 11.4. The fraction of sp³-hybridized carbons (Fsp3) is 0.559. The molecule has 0 saturated heterocycles. The molecule has 3 aliphatic carbocycles. The zero-order chi connectivity index (χ0) is 31.1. The summed E-state index contributed by atoms with van der Waals surface area (Å²) in [6.45, 7) is 2.28. The number of anilines is 1. The van der Waals surface area contributed by atoms with Crippen molar-refractivity contribution in [3.8, 4) is 5.75 Å². The predicted molar refractivity (Wildman–Crippen MR) is 170 cm³/mol. The normalized spacial score (nSPS) is 27.3. The number of benzene rings is 2. The smallest absolute Gasteiger partial charge is 0.335 e. The predicted octanol–water partition coefficient (Wildman–Crippen LogP) is 6.26. The average Bonchev–Trinajstić information content (AvgIpc) is 3.13. The Morgan fingerprint density at radius 2 is 2.02 bits per heavy atom. The van der Waals surface area contributed by atoms with E-state index in [4.69, 9.17) is 25.3 Å². The van der Waals surface area contributed by atoms with Crippen molar-refractivity contribution >= 4 is 33.4 Å². The fourth-order valence-electron chi connectivity index (χ4n) is 7.89. The van der Waals surface area contributed by atoms with Gasteiger partial charge in [0, 0.05) is 30.6 Å². The lowest BCUT2D eigenvalue weighted by molar-refractivity contribution is 0.00284. The number of hydrogen-bond acceptors (Lipinski definition) is 7. The monoisotopic (exact) mass is 643 g/mol. The summed E-state index contributed by atoms with van der Waals surface area (Å²) in [5, 5.41) is 10.6. The van der Waals surface area contributed by atoms with Crippen LogP contribution >= 0.6 is 11.6 Å². The lowest BCUT2D eigenvalue weighted by Gasteiger charge is -2.47. The van der Waals surface area contributed by atoms with Crippen molar-refractivity contribution in [1.82, 2.24) is 0 Å². The third-order valence-electron chi connectivity index (χ3n) is 10.3. The number of rotatable bonds is 9. The lowest BCUT2D eigenvalue weighted by Crippen LogP contribution is -2.50. The molecule has 4 aliphatic rings. The highest BCUT2D eigenvalue weighted by atomic mass is 35.5.